The molecule has 2 aromatic carbocycles. The molecule has 26 heavy (non-hydrogen) atoms. The molecule has 1 heterocycles. The van der Waals surface area contributed by atoms with Crippen LogP contribution in [0.1, 0.15) is 18.1 Å². The van der Waals surface area contributed by atoms with Crippen LogP contribution in [0.15, 0.2) is 54.7 Å². The zero-order chi connectivity index (χ0) is 18.5. The normalized spacial score (nSPS) is 10.5. The van der Waals surface area contributed by atoms with Gasteiger partial charge in [-0.25, -0.2) is 4.98 Å². The molecule has 0 unspecified atom stereocenters. The first-order valence-electron chi connectivity index (χ1n) is 8.69. The summed E-state index contributed by atoms with van der Waals surface area (Å²) in [6.45, 7) is 7.06. The Morgan fingerprint density at radius 2 is 1.85 bits per heavy atom. The summed E-state index contributed by atoms with van der Waals surface area (Å²) in [4.78, 5) is 11.2. The average molecular weight is 348 g/mol. The maximum Gasteiger partial charge on any atom is 0.229 e. The number of hydrogen-bond acceptors (Lipinski definition) is 5. The van der Waals surface area contributed by atoms with Crippen molar-refractivity contribution >= 4 is 23.1 Å². The summed E-state index contributed by atoms with van der Waals surface area (Å²) in [5.41, 5.74) is 4.32. The van der Waals surface area contributed by atoms with Gasteiger partial charge in [0, 0.05) is 18.4 Å². The largest absolute Gasteiger partial charge is 0.495 e. The highest BCUT2D eigenvalue weighted by atomic mass is 16.5. The minimum atomic E-state index is 0.539. The second-order valence-electron chi connectivity index (χ2n) is 6.15. The van der Waals surface area contributed by atoms with E-state index in [1.165, 1.54) is 5.56 Å². The standard InChI is InChI=1S/C21H24N4O/c1-5-25(17-8-6-7-15(2)13-17)20-11-12-22-21(24-20)23-18-14-16(3)9-10-19(18)26-4/h6-14H,5H2,1-4H3,(H,22,23,24). The second kappa shape index (κ2) is 7.87. The molecule has 0 aliphatic rings. The Morgan fingerprint density at radius 3 is 2.58 bits per heavy atom. The fourth-order valence-corrected chi connectivity index (χ4v) is 2.87. The first-order valence-corrected chi connectivity index (χ1v) is 8.69. The van der Waals surface area contributed by atoms with Crippen molar-refractivity contribution in [2.45, 2.75) is 20.8 Å². The van der Waals surface area contributed by atoms with E-state index in [0.717, 1.165) is 35.1 Å². The molecule has 0 fully saturated rings. The minimum Gasteiger partial charge on any atom is -0.495 e. The molecule has 0 saturated heterocycles. The summed E-state index contributed by atoms with van der Waals surface area (Å²) >= 11 is 0. The van der Waals surface area contributed by atoms with E-state index in [0.29, 0.717) is 5.95 Å². The van der Waals surface area contributed by atoms with E-state index in [1.54, 1.807) is 13.3 Å². The number of rotatable bonds is 6. The van der Waals surface area contributed by atoms with Crippen molar-refractivity contribution in [1.82, 2.24) is 9.97 Å². The van der Waals surface area contributed by atoms with Crippen LogP contribution >= 0.6 is 0 Å². The van der Waals surface area contributed by atoms with Gasteiger partial charge in [-0.1, -0.05) is 18.2 Å². The van der Waals surface area contributed by atoms with Gasteiger partial charge >= 0.3 is 0 Å². The van der Waals surface area contributed by atoms with Crippen molar-refractivity contribution in [3.8, 4) is 5.75 Å². The molecule has 0 aliphatic carbocycles. The van der Waals surface area contributed by atoms with Crippen LogP contribution in [0.2, 0.25) is 0 Å². The van der Waals surface area contributed by atoms with Gasteiger partial charge in [0.1, 0.15) is 11.6 Å². The summed E-state index contributed by atoms with van der Waals surface area (Å²) in [6, 6.07) is 16.3. The number of hydrogen-bond donors (Lipinski definition) is 1. The van der Waals surface area contributed by atoms with Gasteiger partial charge < -0.3 is 15.0 Å². The van der Waals surface area contributed by atoms with Crippen molar-refractivity contribution in [1.29, 1.82) is 0 Å². The lowest BCUT2D eigenvalue weighted by Crippen LogP contribution is -2.18. The van der Waals surface area contributed by atoms with E-state index in [9.17, 15) is 0 Å². The molecule has 0 amide bonds. The number of nitrogens with zero attached hydrogens (tertiary/aromatic N) is 3. The molecule has 1 N–H and O–H groups in total. The predicted molar refractivity (Wildman–Crippen MR) is 107 cm³/mol. The van der Waals surface area contributed by atoms with Crippen LogP contribution < -0.4 is 15.0 Å². The summed E-state index contributed by atoms with van der Waals surface area (Å²) in [7, 11) is 1.66. The van der Waals surface area contributed by atoms with Crippen molar-refractivity contribution in [3.05, 3.63) is 65.9 Å². The van der Waals surface area contributed by atoms with Crippen LogP contribution in [0.25, 0.3) is 0 Å². The third-order valence-electron chi connectivity index (χ3n) is 4.15. The van der Waals surface area contributed by atoms with Gasteiger partial charge in [0.05, 0.1) is 12.8 Å². The first kappa shape index (κ1) is 17.7. The van der Waals surface area contributed by atoms with Gasteiger partial charge in [-0.15, -0.1) is 0 Å². The van der Waals surface area contributed by atoms with Crippen molar-refractivity contribution < 1.29 is 4.74 Å². The van der Waals surface area contributed by atoms with Gasteiger partial charge in [-0.05, 0) is 62.2 Å². The average Bonchev–Trinajstić information content (AvgIpc) is 2.63. The fourth-order valence-electron chi connectivity index (χ4n) is 2.87. The smallest absolute Gasteiger partial charge is 0.229 e. The van der Waals surface area contributed by atoms with Crippen LogP contribution in [0, 0.1) is 13.8 Å². The quantitative estimate of drug-likeness (QED) is 0.679. The van der Waals surface area contributed by atoms with E-state index in [2.05, 4.69) is 53.3 Å². The maximum absolute atomic E-state index is 5.43. The Kier molecular flexibility index (Phi) is 5.37. The van der Waals surface area contributed by atoms with Crippen molar-refractivity contribution in [2.75, 3.05) is 23.9 Å². The van der Waals surface area contributed by atoms with E-state index in [-0.39, 0.29) is 0 Å². The molecule has 0 radical (unpaired) electrons. The Balaban J connectivity index is 1.92. The van der Waals surface area contributed by atoms with Crippen LogP contribution in [-0.2, 0) is 0 Å². The number of methoxy groups -OCH3 is 1. The molecule has 0 aliphatic heterocycles. The van der Waals surface area contributed by atoms with Crippen LogP contribution in [0.5, 0.6) is 5.75 Å². The number of benzene rings is 2. The molecule has 1 aromatic heterocycles. The maximum atomic E-state index is 5.43. The summed E-state index contributed by atoms with van der Waals surface area (Å²) in [5.74, 6) is 2.15. The van der Waals surface area contributed by atoms with Crippen molar-refractivity contribution in [3.63, 3.8) is 0 Å². The van der Waals surface area contributed by atoms with Gasteiger partial charge in [0.15, 0.2) is 0 Å². The fraction of sp³-hybridized carbons (Fsp3) is 0.238. The van der Waals surface area contributed by atoms with Gasteiger partial charge in [-0.3, -0.25) is 0 Å². The highest BCUT2D eigenvalue weighted by Gasteiger charge is 2.11. The lowest BCUT2D eigenvalue weighted by molar-refractivity contribution is 0.416. The lowest BCUT2D eigenvalue weighted by atomic mass is 10.2. The molecule has 0 atom stereocenters. The number of aryl methyl sites for hydroxylation is 2. The van der Waals surface area contributed by atoms with Gasteiger partial charge in [-0.2, -0.15) is 4.98 Å². The minimum absolute atomic E-state index is 0.539. The summed E-state index contributed by atoms with van der Waals surface area (Å²) in [5, 5.41) is 3.27. The first-order chi connectivity index (χ1) is 12.6. The number of ether oxygens (including phenoxy) is 1. The molecule has 0 spiro atoms. The number of nitrogens with one attached hydrogen (secondary N) is 1. The summed E-state index contributed by atoms with van der Waals surface area (Å²) < 4.78 is 5.43. The Morgan fingerprint density at radius 1 is 1.04 bits per heavy atom. The van der Waals surface area contributed by atoms with E-state index in [1.807, 2.05) is 31.2 Å². The highest BCUT2D eigenvalue weighted by molar-refractivity contribution is 5.66. The van der Waals surface area contributed by atoms with Gasteiger partial charge in [0.25, 0.3) is 0 Å². The molecule has 0 bridgehead atoms. The Labute approximate surface area is 154 Å². The second-order valence-corrected chi connectivity index (χ2v) is 6.15. The third-order valence-corrected chi connectivity index (χ3v) is 4.15. The molecule has 5 heteroatoms. The Hall–Kier alpha value is -3.08. The molecule has 0 saturated carbocycles. The monoisotopic (exact) mass is 348 g/mol. The number of aromatic nitrogens is 2. The zero-order valence-corrected chi connectivity index (χ0v) is 15.7. The van der Waals surface area contributed by atoms with E-state index < -0.39 is 0 Å². The van der Waals surface area contributed by atoms with E-state index in [4.69, 9.17) is 9.72 Å². The topological polar surface area (TPSA) is 50.3 Å². The molecule has 5 nitrogen and oxygen atoms in total. The van der Waals surface area contributed by atoms with Crippen molar-refractivity contribution in [2.24, 2.45) is 0 Å². The molecule has 134 valence electrons. The van der Waals surface area contributed by atoms with Crippen LogP contribution in [0.3, 0.4) is 0 Å². The molecular formula is C21H24N4O. The van der Waals surface area contributed by atoms with Crippen LogP contribution in [0.4, 0.5) is 23.1 Å². The molecule has 3 aromatic rings. The lowest BCUT2D eigenvalue weighted by Gasteiger charge is -2.23. The summed E-state index contributed by atoms with van der Waals surface area (Å²) in [6.07, 6.45) is 1.77. The molecule has 3 rings (SSSR count). The van der Waals surface area contributed by atoms with Gasteiger partial charge in [0.2, 0.25) is 5.95 Å². The highest BCUT2D eigenvalue weighted by Crippen LogP contribution is 2.29. The zero-order valence-electron chi connectivity index (χ0n) is 15.7. The third kappa shape index (κ3) is 3.94. The number of anilines is 4. The Bertz CT molecular complexity index is 895. The van der Waals surface area contributed by atoms with Crippen LogP contribution in [-0.4, -0.2) is 23.6 Å². The van der Waals surface area contributed by atoms with E-state index >= 15 is 0 Å². The molecular weight excluding hydrogens is 324 g/mol. The predicted octanol–water partition coefficient (Wildman–Crippen LogP) is 5.00. The SMILES string of the molecule is CCN(c1cccc(C)c1)c1ccnc(Nc2cc(C)ccc2OC)n1.